The highest BCUT2D eigenvalue weighted by molar-refractivity contribution is 14.1. The summed E-state index contributed by atoms with van der Waals surface area (Å²) >= 11 is 2.00. The van der Waals surface area contributed by atoms with E-state index in [0.717, 1.165) is 44.5 Å². The van der Waals surface area contributed by atoms with E-state index >= 15 is 0 Å². The zero-order valence-electron chi connectivity index (χ0n) is 57.4. The van der Waals surface area contributed by atoms with Crippen LogP contribution in [0, 0.1) is 59.0 Å². The molecule has 15 nitrogen and oxygen atoms in total. The van der Waals surface area contributed by atoms with Crippen LogP contribution in [0.2, 0.25) is 0 Å². The van der Waals surface area contributed by atoms with Crippen LogP contribution in [0.5, 0.6) is 57.5 Å². The normalized spacial score (nSPS) is 12.9. The van der Waals surface area contributed by atoms with Gasteiger partial charge in [-0.05, 0) is 203 Å². The smallest absolute Gasteiger partial charge is 0.274 e. The lowest BCUT2D eigenvalue weighted by Crippen LogP contribution is -2.19. The number of phenols is 10. The molecule has 0 fully saturated rings. The number of halogens is 1. The Kier molecular flexibility index (Phi) is 18.5. The molecule has 101 heavy (non-hydrogen) atoms. The first-order valence-corrected chi connectivity index (χ1v) is 34.6. The summed E-state index contributed by atoms with van der Waals surface area (Å²) in [4.78, 5) is 34.2. The van der Waals surface area contributed by atoms with Gasteiger partial charge in [-0.2, -0.15) is 0 Å². The minimum absolute atomic E-state index is 0.0144. The number of benzene rings is 10. The molecule has 2 amide bonds. The van der Waals surface area contributed by atoms with E-state index in [1.807, 2.05) is 175 Å². The van der Waals surface area contributed by atoms with Crippen LogP contribution >= 0.6 is 22.6 Å². The number of aromatic hydroxyl groups is 10. The van der Waals surface area contributed by atoms with Crippen molar-refractivity contribution in [2.24, 2.45) is 0 Å². The van der Waals surface area contributed by atoms with Gasteiger partial charge in [0.15, 0.2) is 0 Å². The average molecular weight is 1460 g/mol. The Morgan fingerprint density at radius 3 is 0.515 bits per heavy atom. The molecule has 0 spiro atoms. The van der Waals surface area contributed by atoms with Crippen molar-refractivity contribution in [3.8, 4) is 57.5 Å². The average Bonchev–Trinajstić information content (AvgIpc) is 0.798. The lowest BCUT2D eigenvalue weighted by molar-refractivity contribution is 0.101. The number of nitrogens with zero attached hydrogens (tertiary/aromatic N) is 1. The van der Waals surface area contributed by atoms with Gasteiger partial charge in [0.05, 0.1) is 0 Å². The van der Waals surface area contributed by atoms with Gasteiger partial charge in [0, 0.05) is 101 Å². The number of aryl methyl sites for hydroxylation is 8. The van der Waals surface area contributed by atoms with Crippen molar-refractivity contribution in [2.75, 3.05) is 10.6 Å². The van der Waals surface area contributed by atoms with Crippen LogP contribution in [0.1, 0.15) is 177 Å². The molecule has 2 aliphatic rings. The molecule has 0 saturated heterocycles. The fourth-order valence-corrected chi connectivity index (χ4v) is 15.6. The van der Waals surface area contributed by atoms with E-state index in [9.17, 15) is 60.7 Å². The number of fused-ring (bicyclic) bond motifs is 20. The van der Waals surface area contributed by atoms with E-state index in [1.165, 1.54) is 12.1 Å². The largest absolute Gasteiger partial charge is 0.507 e. The lowest BCUT2D eigenvalue weighted by atomic mass is 9.89. The third-order valence-corrected chi connectivity index (χ3v) is 20.0. The zero-order valence-corrected chi connectivity index (χ0v) is 59.5. The molecule has 0 saturated carbocycles. The molecule has 10 aromatic carbocycles. The molecule has 1 heterocycles. The Balaban J connectivity index is 0.861. The summed E-state index contributed by atoms with van der Waals surface area (Å²) in [6, 6.07) is 39.1. The summed E-state index contributed by atoms with van der Waals surface area (Å²) in [6.07, 6.45) is 0.992. The van der Waals surface area contributed by atoms with E-state index in [4.69, 9.17) is 0 Å². The van der Waals surface area contributed by atoms with Gasteiger partial charge in [0.1, 0.15) is 68.9 Å². The summed E-state index contributed by atoms with van der Waals surface area (Å²) in [7, 11) is 0. The standard InChI is InChI=1S/C85H78IN3O12/c1-41-9-49-25-50-10-42(2)14-54(75(50)91)28-58-18-46(6)22-62(79(58)95)32-66-36-70(35-65(82(66)98)31-61-21-45(5)17-57(78(61)94)27-53(13-41)74(49)90)87-84(100)72-39-69(86)40-73(89-72)85(101)88-71-37-67-33-63-23-47(7)19-59(80(63)96)29-55-15-43(3)11-51(76(55)92)26-52-12-44(4)16-56(77(52)93)30-60-20-48(8)24-64(81(60)97)34-68(38-71)83(67)99/h9-24,35-40,90-99H,25-34H2,1-8H3,(H,87,100)(H,88,101). The van der Waals surface area contributed by atoms with Crippen LogP contribution in [-0.2, 0) is 64.2 Å². The number of aromatic nitrogens is 1. The summed E-state index contributed by atoms with van der Waals surface area (Å²) in [6.45, 7) is 15.3. The molecule has 12 N–H and O–H groups in total. The maximum absolute atomic E-state index is 14.8. The molecule has 0 unspecified atom stereocenters. The molecule has 20 bridgehead atoms. The summed E-state index contributed by atoms with van der Waals surface area (Å²) in [5, 5.41) is 127. The first kappa shape index (κ1) is 68.5. The predicted molar refractivity (Wildman–Crippen MR) is 400 cm³/mol. The molecule has 11 aromatic rings. The third kappa shape index (κ3) is 14.3. The van der Waals surface area contributed by atoms with E-state index in [2.05, 4.69) is 15.6 Å². The predicted octanol–water partition coefficient (Wildman–Crippen LogP) is 16.2. The molecule has 0 atom stereocenters. The van der Waals surface area contributed by atoms with Gasteiger partial charge in [-0.25, -0.2) is 4.98 Å². The van der Waals surface area contributed by atoms with Crippen LogP contribution in [0.15, 0.2) is 133 Å². The van der Waals surface area contributed by atoms with Crippen LogP contribution < -0.4 is 10.6 Å². The van der Waals surface area contributed by atoms with Crippen molar-refractivity contribution in [3.05, 3.63) is 304 Å². The Labute approximate surface area is 599 Å². The molecule has 0 radical (unpaired) electrons. The SMILES string of the molecule is Cc1cc2c(O)c(c1)Cc1cc(C)cc(c1O)Cc1cc(NC(=O)c3cc(I)cc(C(=O)Nc4cc5c(O)c(c4)Cc4cc(C)cc(c4O)Cc4cc(C)cc(c4O)Cc4cc(C)cc(c4O)Cc4cc(C)cc(c4O)C5)n3)cc(c1O)Cc1cc(C)cc(c1O)Cc1cc(C)cc(c1O)C2. The molecular weight excluding hydrogens is 1380 g/mol. The first-order chi connectivity index (χ1) is 48.0. The van der Waals surface area contributed by atoms with Gasteiger partial charge in [-0.15, -0.1) is 0 Å². The zero-order chi connectivity index (χ0) is 71.7. The Morgan fingerprint density at radius 2 is 0.376 bits per heavy atom. The highest BCUT2D eigenvalue weighted by Crippen LogP contribution is 2.44. The monoisotopic (exact) mass is 1460 g/mol. The lowest BCUT2D eigenvalue weighted by Gasteiger charge is -2.19. The first-order valence-electron chi connectivity index (χ1n) is 33.6. The molecule has 16 heteroatoms. The Morgan fingerprint density at radius 1 is 0.248 bits per heavy atom. The number of phenolic OH excluding ortho intramolecular Hbond substituents is 10. The van der Waals surface area contributed by atoms with Crippen molar-refractivity contribution in [2.45, 2.75) is 120 Å². The summed E-state index contributed by atoms with van der Waals surface area (Å²) in [5.74, 6) is -1.81. The van der Waals surface area contributed by atoms with Gasteiger partial charge >= 0.3 is 0 Å². The second-order valence-corrected chi connectivity index (χ2v) is 29.2. The van der Waals surface area contributed by atoms with Gasteiger partial charge in [0.25, 0.3) is 11.8 Å². The van der Waals surface area contributed by atoms with Gasteiger partial charge in [-0.3, -0.25) is 9.59 Å². The van der Waals surface area contributed by atoms with Crippen LogP contribution in [0.25, 0.3) is 0 Å². The van der Waals surface area contributed by atoms with Crippen LogP contribution in [0.3, 0.4) is 0 Å². The number of nitrogens with one attached hydrogen (secondary N) is 2. The van der Waals surface area contributed by atoms with Crippen molar-refractivity contribution >= 4 is 45.8 Å². The van der Waals surface area contributed by atoms with E-state index in [1.54, 1.807) is 24.3 Å². The molecule has 1 aromatic heterocycles. The summed E-state index contributed by atoms with van der Waals surface area (Å²) < 4.78 is 0.479. The molecule has 2 aliphatic carbocycles. The highest BCUT2D eigenvalue weighted by atomic mass is 127. The minimum Gasteiger partial charge on any atom is -0.507 e. The van der Waals surface area contributed by atoms with Crippen LogP contribution in [-0.4, -0.2) is 67.9 Å². The number of anilines is 2. The van der Waals surface area contributed by atoms with Crippen molar-refractivity contribution in [1.82, 2.24) is 4.98 Å². The van der Waals surface area contributed by atoms with Crippen LogP contribution in [0.4, 0.5) is 11.4 Å². The van der Waals surface area contributed by atoms with E-state index in [-0.39, 0.29) is 144 Å². The molecular formula is C85H78IN3O12. The fraction of sp³-hybridized carbons (Fsp3) is 0.212. The van der Waals surface area contributed by atoms with Gasteiger partial charge < -0.3 is 61.7 Å². The maximum atomic E-state index is 14.8. The van der Waals surface area contributed by atoms with E-state index < -0.39 is 11.8 Å². The van der Waals surface area contributed by atoms with Crippen molar-refractivity contribution < 1.29 is 60.7 Å². The Bertz CT molecular complexity index is 4710. The highest BCUT2D eigenvalue weighted by Gasteiger charge is 2.27. The number of hydrogen-bond acceptors (Lipinski definition) is 13. The van der Waals surface area contributed by atoms with E-state index in [0.29, 0.717) is 115 Å². The number of amides is 2. The maximum Gasteiger partial charge on any atom is 0.274 e. The second kappa shape index (κ2) is 27.3. The van der Waals surface area contributed by atoms with Gasteiger partial charge in [0.2, 0.25) is 0 Å². The van der Waals surface area contributed by atoms with Crippen molar-refractivity contribution in [3.63, 3.8) is 0 Å². The number of pyridine rings is 1. The number of carbonyl (C=O) groups excluding carboxylic acids is 2. The van der Waals surface area contributed by atoms with Crippen molar-refractivity contribution in [1.29, 1.82) is 0 Å². The summed E-state index contributed by atoms with van der Waals surface area (Å²) in [5.41, 5.74) is 16.7. The molecule has 512 valence electrons. The second-order valence-electron chi connectivity index (χ2n) is 28.0. The third-order valence-electron chi connectivity index (χ3n) is 19.4. The van der Waals surface area contributed by atoms with Gasteiger partial charge in [-0.1, -0.05) is 142 Å². The number of rotatable bonds is 4. The number of carbonyl (C=O) groups is 2. The number of hydrogen-bond donors (Lipinski definition) is 12. The fourth-order valence-electron chi connectivity index (χ4n) is 15.0. The quantitative estimate of drug-likeness (QED) is 0.0578. The molecule has 0 aliphatic heterocycles. The topological polar surface area (TPSA) is 273 Å². The Hall–Kier alpha value is -11.0. The molecule has 13 rings (SSSR count). The minimum atomic E-state index is -0.713.